The van der Waals surface area contributed by atoms with Gasteiger partial charge < -0.3 is 4.52 Å². The first-order valence-electron chi connectivity index (χ1n) is 6.97. The third-order valence-electron chi connectivity index (χ3n) is 3.83. The van der Waals surface area contributed by atoms with Crippen LogP contribution in [0.3, 0.4) is 0 Å². The molecule has 0 aliphatic heterocycles. The first-order chi connectivity index (χ1) is 9.81. The number of hydrogen-bond donors (Lipinski definition) is 0. The van der Waals surface area contributed by atoms with Crippen molar-refractivity contribution in [3.05, 3.63) is 17.7 Å². The maximum Gasteiger partial charge on any atom is 0.235 e. The van der Waals surface area contributed by atoms with Gasteiger partial charge in [-0.25, -0.2) is 0 Å². The van der Waals surface area contributed by atoms with Crippen LogP contribution >= 0.6 is 11.3 Å². The minimum Gasteiger partial charge on any atom is -0.361 e. The maximum absolute atomic E-state index is 5.11. The molecular weight excluding hydrogens is 274 g/mol. The van der Waals surface area contributed by atoms with Crippen LogP contribution in [0.4, 0.5) is 0 Å². The van der Waals surface area contributed by atoms with Crippen molar-refractivity contribution in [1.82, 2.24) is 25.0 Å². The lowest BCUT2D eigenvalue weighted by Gasteiger charge is -2.18. The molecule has 104 valence electrons. The number of rotatable bonds is 2. The summed E-state index contributed by atoms with van der Waals surface area (Å²) in [6, 6.07) is 1.89. The van der Waals surface area contributed by atoms with E-state index in [1.165, 1.54) is 43.4 Å². The van der Waals surface area contributed by atoms with Gasteiger partial charge >= 0.3 is 0 Å². The van der Waals surface area contributed by atoms with Crippen LogP contribution in [0.2, 0.25) is 0 Å². The van der Waals surface area contributed by atoms with Gasteiger partial charge in [-0.15, -0.1) is 10.2 Å². The topological polar surface area (TPSA) is 69.1 Å². The van der Waals surface area contributed by atoms with Crippen molar-refractivity contribution in [3.8, 4) is 10.7 Å². The molecule has 1 aliphatic carbocycles. The fourth-order valence-corrected chi connectivity index (χ4v) is 3.62. The molecule has 6 nitrogen and oxygen atoms in total. The fraction of sp³-hybridized carbons (Fsp3) is 0.538. The van der Waals surface area contributed by atoms with Crippen LogP contribution in [0.1, 0.15) is 49.6 Å². The molecule has 0 unspecified atom stereocenters. The van der Waals surface area contributed by atoms with Crippen LogP contribution in [0, 0.1) is 6.92 Å². The Morgan fingerprint density at radius 1 is 1.25 bits per heavy atom. The molecule has 0 atom stereocenters. The molecule has 1 fully saturated rings. The molecule has 0 amide bonds. The molecule has 7 heteroatoms. The highest BCUT2D eigenvalue weighted by molar-refractivity contribution is 7.19. The van der Waals surface area contributed by atoms with Crippen LogP contribution in [0.25, 0.3) is 15.7 Å². The van der Waals surface area contributed by atoms with Gasteiger partial charge in [0.2, 0.25) is 4.96 Å². The van der Waals surface area contributed by atoms with Gasteiger partial charge in [-0.3, -0.25) is 0 Å². The summed E-state index contributed by atoms with van der Waals surface area (Å²) in [5.41, 5.74) is 0.771. The van der Waals surface area contributed by atoms with E-state index in [9.17, 15) is 0 Å². The third kappa shape index (κ3) is 1.93. The number of aryl methyl sites for hydroxylation is 1. The summed E-state index contributed by atoms with van der Waals surface area (Å²) >= 11 is 1.50. The smallest absolute Gasteiger partial charge is 0.235 e. The van der Waals surface area contributed by atoms with E-state index in [1.807, 2.05) is 17.5 Å². The molecule has 0 bridgehead atoms. The van der Waals surface area contributed by atoms with Crippen molar-refractivity contribution in [3.63, 3.8) is 0 Å². The molecule has 20 heavy (non-hydrogen) atoms. The van der Waals surface area contributed by atoms with E-state index in [1.54, 1.807) is 0 Å². The molecule has 3 aromatic rings. The normalized spacial score (nSPS) is 17.1. The Labute approximate surface area is 119 Å². The number of aromatic nitrogens is 5. The van der Waals surface area contributed by atoms with Crippen LogP contribution in [0.5, 0.6) is 0 Å². The lowest BCUT2D eigenvalue weighted by atomic mass is 9.89. The minimum atomic E-state index is 0.493. The number of fused-ring (bicyclic) bond motifs is 1. The Kier molecular flexibility index (Phi) is 2.80. The average molecular weight is 289 g/mol. The highest BCUT2D eigenvalue weighted by Gasteiger charge is 2.23. The summed E-state index contributed by atoms with van der Waals surface area (Å²) in [4.78, 5) is 0.834. The molecule has 3 heterocycles. The molecule has 0 spiro atoms. The Morgan fingerprint density at radius 2 is 2.10 bits per heavy atom. The molecule has 4 rings (SSSR count). The molecule has 0 N–H and O–H groups in total. The maximum atomic E-state index is 5.11. The standard InChI is InChI=1S/C13H15N5OS/c1-8-7-10(17-19-8)12-16-18-11(14-15-13(18)20-12)9-5-3-2-4-6-9/h7,9H,2-6H2,1H3. The largest absolute Gasteiger partial charge is 0.361 e. The van der Waals surface area contributed by atoms with Gasteiger partial charge in [-0.05, 0) is 19.8 Å². The van der Waals surface area contributed by atoms with Gasteiger partial charge in [0.15, 0.2) is 10.8 Å². The number of hydrogen-bond acceptors (Lipinski definition) is 6. The monoisotopic (exact) mass is 289 g/mol. The van der Waals surface area contributed by atoms with E-state index < -0.39 is 0 Å². The van der Waals surface area contributed by atoms with Gasteiger partial charge in [0, 0.05) is 12.0 Å². The molecule has 3 aromatic heterocycles. The Balaban J connectivity index is 1.74. The second-order valence-corrected chi connectivity index (χ2v) is 6.27. The highest BCUT2D eigenvalue weighted by Crippen LogP contribution is 2.33. The SMILES string of the molecule is Cc1cc(-c2nn3c(C4CCCCC4)nnc3s2)no1. The summed E-state index contributed by atoms with van der Waals surface area (Å²) in [7, 11) is 0. The molecule has 0 aromatic carbocycles. The van der Waals surface area contributed by atoms with E-state index in [0.717, 1.165) is 27.2 Å². The zero-order valence-corrected chi connectivity index (χ0v) is 12.1. The summed E-state index contributed by atoms with van der Waals surface area (Å²) in [6.45, 7) is 1.88. The molecule has 0 radical (unpaired) electrons. The average Bonchev–Trinajstić information content (AvgIpc) is 3.13. The van der Waals surface area contributed by atoms with Crippen molar-refractivity contribution >= 4 is 16.3 Å². The second kappa shape index (κ2) is 4.66. The van der Waals surface area contributed by atoms with Crippen LogP contribution in [-0.2, 0) is 0 Å². The Morgan fingerprint density at radius 3 is 2.85 bits per heavy atom. The zero-order chi connectivity index (χ0) is 13.5. The van der Waals surface area contributed by atoms with Crippen LogP contribution in [-0.4, -0.2) is 25.0 Å². The quantitative estimate of drug-likeness (QED) is 0.724. The Hall–Kier alpha value is -1.76. The summed E-state index contributed by atoms with van der Waals surface area (Å²) in [5, 5.41) is 18.1. The van der Waals surface area contributed by atoms with Gasteiger partial charge in [-0.2, -0.15) is 9.61 Å². The van der Waals surface area contributed by atoms with Crippen molar-refractivity contribution in [2.75, 3.05) is 0 Å². The fourth-order valence-electron chi connectivity index (χ4n) is 2.82. The highest BCUT2D eigenvalue weighted by atomic mass is 32.1. The first-order valence-corrected chi connectivity index (χ1v) is 7.79. The predicted molar refractivity (Wildman–Crippen MR) is 74.7 cm³/mol. The molecule has 1 aliphatic rings. The molecule has 1 saturated carbocycles. The summed E-state index contributed by atoms with van der Waals surface area (Å²) < 4.78 is 7.00. The van der Waals surface area contributed by atoms with E-state index >= 15 is 0 Å². The van der Waals surface area contributed by atoms with E-state index in [-0.39, 0.29) is 0 Å². The van der Waals surface area contributed by atoms with Gasteiger partial charge in [0.05, 0.1) is 0 Å². The van der Waals surface area contributed by atoms with Gasteiger partial charge in [0.25, 0.3) is 0 Å². The predicted octanol–water partition coefficient (Wildman–Crippen LogP) is 3.20. The first kappa shape index (κ1) is 12.0. The van der Waals surface area contributed by atoms with E-state index in [4.69, 9.17) is 4.52 Å². The number of nitrogens with zero attached hydrogens (tertiary/aromatic N) is 5. The summed E-state index contributed by atoms with van der Waals surface area (Å²) in [6.07, 6.45) is 6.27. The van der Waals surface area contributed by atoms with Crippen molar-refractivity contribution in [1.29, 1.82) is 0 Å². The van der Waals surface area contributed by atoms with E-state index in [2.05, 4.69) is 20.5 Å². The van der Waals surface area contributed by atoms with Gasteiger partial charge in [-0.1, -0.05) is 35.8 Å². The van der Waals surface area contributed by atoms with Gasteiger partial charge in [0.1, 0.15) is 11.5 Å². The second-order valence-electron chi connectivity index (χ2n) is 5.32. The van der Waals surface area contributed by atoms with E-state index in [0.29, 0.717) is 5.92 Å². The lowest BCUT2D eigenvalue weighted by molar-refractivity contribution is 0.399. The molecule has 0 saturated heterocycles. The third-order valence-corrected chi connectivity index (χ3v) is 4.75. The summed E-state index contributed by atoms with van der Waals surface area (Å²) in [5.74, 6) is 2.29. The van der Waals surface area contributed by atoms with Crippen LogP contribution < -0.4 is 0 Å². The Bertz CT molecular complexity index is 737. The van der Waals surface area contributed by atoms with Crippen molar-refractivity contribution in [2.24, 2.45) is 0 Å². The minimum absolute atomic E-state index is 0.493. The van der Waals surface area contributed by atoms with Crippen molar-refractivity contribution in [2.45, 2.75) is 44.9 Å². The van der Waals surface area contributed by atoms with Crippen molar-refractivity contribution < 1.29 is 4.52 Å². The molecular formula is C13H15N5OS. The van der Waals surface area contributed by atoms with Crippen LogP contribution in [0.15, 0.2) is 10.6 Å². The lowest BCUT2D eigenvalue weighted by Crippen LogP contribution is -2.09. The zero-order valence-electron chi connectivity index (χ0n) is 11.2.